The van der Waals surface area contributed by atoms with Crippen LogP contribution in [0.2, 0.25) is 0 Å². The summed E-state index contributed by atoms with van der Waals surface area (Å²) in [6, 6.07) is 21.3. The van der Waals surface area contributed by atoms with Gasteiger partial charge in [-0.3, -0.25) is 28.8 Å². The van der Waals surface area contributed by atoms with Crippen molar-refractivity contribution in [1.29, 1.82) is 0 Å². The minimum absolute atomic E-state index is 0. The minimum Gasteiger partial charge on any atom is -0.477 e. The average molecular weight is 1320 g/mol. The predicted molar refractivity (Wildman–Crippen MR) is 326 cm³/mol. The Morgan fingerprint density at radius 1 is 0.562 bits per heavy atom. The summed E-state index contributed by atoms with van der Waals surface area (Å²) in [7, 11) is 0. The third-order valence-corrected chi connectivity index (χ3v) is 18.6. The van der Waals surface area contributed by atoms with E-state index in [1.807, 2.05) is 48.5 Å². The second-order valence-electron chi connectivity index (χ2n) is 20.8. The van der Waals surface area contributed by atoms with E-state index in [0.29, 0.717) is 56.7 Å². The molecule has 26 nitrogen and oxygen atoms in total. The first-order valence-corrected chi connectivity index (χ1v) is 32.0. The quantitative estimate of drug-likeness (QED) is 0.0164. The van der Waals surface area contributed by atoms with E-state index in [9.17, 15) is 79.2 Å². The van der Waals surface area contributed by atoms with Gasteiger partial charge in [0.15, 0.2) is 0 Å². The number of carboxylic acid groups (broad SMARTS) is 2. The molecule has 7 rings (SSSR count). The second kappa shape index (κ2) is 34.3. The van der Waals surface area contributed by atoms with Gasteiger partial charge in [0.25, 0.3) is 35.2 Å². The van der Waals surface area contributed by atoms with Gasteiger partial charge in [0, 0.05) is 84.9 Å². The van der Waals surface area contributed by atoms with E-state index in [1.54, 1.807) is 12.1 Å². The SMILES string of the molecule is CC(=O)N[C@@H]1[C@@H](O)C[C@](OCCCSCCNC(=O)c2ccc(C(=O)NCCSCCCO[C@]3(C(=O)O)C[C@H](O)[C@@H](NC(C)=O)[C@H](C(O)[C@H](O)CNC(=O)c4cc5ccccc5s4)O3)cc2)(C(=O)O)O[C@H]1C(O)[C@H](O)CNC(=O)c1cc2ccccc2s1.[Na+]. The van der Waals surface area contributed by atoms with Crippen molar-refractivity contribution in [3.05, 3.63) is 106 Å². The Morgan fingerprint density at radius 3 is 1.28 bits per heavy atom. The molecule has 0 bridgehead atoms. The molecule has 31 heteroatoms. The van der Waals surface area contributed by atoms with Crippen LogP contribution < -0.4 is 61.5 Å². The van der Waals surface area contributed by atoms with Crippen molar-refractivity contribution >= 4 is 114 Å². The van der Waals surface area contributed by atoms with Gasteiger partial charge < -0.3 is 91.7 Å². The van der Waals surface area contributed by atoms with Crippen molar-refractivity contribution in [2.45, 2.75) is 112 Å². The molecule has 478 valence electrons. The van der Waals surface area contributed by atoms with E-state index in [4.69, 9.17) is 18.9 Å². The topological polar surface area (TPSA) is 408 Å². The smallest absolute Gasteiger partial charge is 0.477 e. The molecule has 2 saturated heterocycles. The molecule has 2 aliphatic rings. The molecule has 2 fully saturated rings. The number of amides is 6. The number of nitrogens with one attached hydrogen (secondary N) is 6. The maximum absolute atomic E-state index is 12.9. The number of carbonyl (C=O) groups excluding carboxylic acids is 6. The molecule has 2 aliphatic heterocycles. The third kappa shape index (κ3) is 19.8. The van der Waals surface area contributed by atoms with Crippen LogP contribution in [0.25, 0.3) is 20.2 Å². The van der Waals surface area contributed by atoms with Crippen LogP contribution in [-0.4, -0.2) is 223 Å². The summed E-state index contributed by atoms with van der Waals surface area (Å²) in [6.45, 7) is 1.49. The second-order valence-corrected chi connectivity index (χ2v) is 25.4. The molecular formula is C58H72N6NaO20S4+. The van der Waals surface area contributed by atoms with Crippen LogP contribution in [0.4, 0.5) is 0 Å². The zero-order valence-electron chi connectivity index (χ0n) is 48.9. The Morgan fingerprint density at radius 2 is 0.933 bits per heavy atom. The Bertz CT molecular complexity index is 2960. The first-order valence-electron chi connectivity index (χ1n) is 28.1. The number of carbonyl (C=O) groups is 8. The van der Waals surface area contributed by atoms with E-state index < -0.39 is 146 Å². The summed E-state index contributed by atoms with van der Waals surface area (Å²) in [6.07, 6.45) is -14.5. The molecule has 2 unspecified atom stereocenters. The molecule has 6 amide bonds. The summed E-state index contributed by atoms with van der Waals surface area (Å²) in [4.78, 5) is 102. The Balaban J connectivity index is 0.0000126. The van der Waals surface area contributed by atoms with E-state index in [0.717, 1.165) is 34.0 Å². The molecule has 0 radical (unpaired) electrons. The first kappa shape index (κ1) is 72.7. The van der Waals surface area contributed by atoms with Gasteiger partial charge in [-0.15, -0.1) is 22.7 Å². The molecule has 12 atom stereocenters. The maximum Gasteiger partial charge on any atom is 1.00 e. The fourth-order valence-corrected chi connectivity index (χ4v) is 13.3. The Hall–Kier alpha value is -5.36. The van der Waals surface area contributed by atoms with Crippen LogP contribution >= 0.6 is 46.2 Å². The monoisotopic (exact) mass is 1320 g/mol. The average Bonchev–Trinajstić information content (AvgIpc) is 1.90. The van der Waals surface area contributed by atoms with Crippen molar-refractivity contribution in [2.75, 3.05) is 62.4 Å². The van der Waals surface area contributed by atoms with Crippen LogP contribution in [0, 0.1) is 0 Å². The van der Waals surface area contributed by atoms with E-state index in [-0.39, 0.29) is 55.9 Å². The number of aliphatic hydroxyl groups excluding tert-OH is 6. The molecule has 14 N–H and O–H groups in total. The fraction of sp³-hybridized carbons (Fsp3) is 0.483. The van der Waals surface area contributed by atoms with Gasteiger partial charge in [0.1, 0.15) is 24.4 Å². The summed E-state index contributed by atoms with van der Waals surface area (Å²) < 4.78 is 24.8. The number of carboxylic acids is 2. The minimum atomic E-state index is -2.48. The molecule has 89 heavy (non-hydrogen) atoms. The van der Waals surface area contributed by atoms with Gasteiger partial charge in [0.2, 0.25) is 11.8 Å². The number of aliphatic carboxylic acids is 2. The van der Waals surface area contributed by atoms with Gasteiger partial charge in [0.05, 0.1) is 59.5 Å². The van der Waals surface area contributed by atoms with Crippen LogP contribution in [0.1, 0.15) is 79.6 Å². The van der Waals surface area contributed by atoms with E-state index in [1.165, 1.54) is 70.5 Å². The third-order valence-electron chi connectivity index (χ3n) is 14.3. The molecule has 5 aromatic rings. The van der Waals surface area contributed by atoms with Crippen molar-refractivity contribution in [1.82, 2.24) is 31.9 Å². The molecule has 0 saturated carbocycles. The molecule has 3 aromatic carbocycles. The van der Waals surface area contributed by atoms with Crippen LogP contribution in [0.3, 0.4) is 0 Å². The zero-order valence-corrected chi connectivity index (χ0v) is 54.1. The summed E-state index contributed by atoms with van der Waals surface area (Å²) in [5.74, 6) is -9.47. The van der Waals surface area contributed by atoms with Gasteiger partial charge in [-0.1, -0.05) is 36.4 Å². The molecule has 0 spiro atoms. The largest absolute Gasteiger partial charge is 1.00 e. The van der Waals surface area contributed by atoms with Crippen molar-refractivity contribution in [3.8, 4) is 0 Å². The number of fused-ring (bicyclic) bond motifs is 2. The Labute approximate surface area is 549 Å². The van der Waals surface area contributed by atoms with Crippen LogP contribution in [0.5, 0.6) is 0 Å². The number of thiophene rings is 2. The fourth-order valence-electron chi connectivity index (χ4n) is 9.79. The van der Waals surface area contributed by atoms with Gasteiger partial charge >= 0.3 is 41.5 Å². The number of ether oxygens (including phenoxy) is 4. The number of hydrogen-bond donors (Lipinski definition) is 14. The van der Waals surface area contributed by atoms with E-state index in [2.05, 4.69) is 31.9 Å². The van der Waals surface area contributed by atoms with Gasteiger partial charge in [-0.05, 0) is 83.7 Å². The standard InChI is InChI=1S/C58H72N6O20S4.Na/c1-31(65)63-45-37(67)27-57(55(77)78,83-49(45)47(71)39(69)29-61-53(75)43-25-35-9-3-5-11-41(35)87-43)81-19-7-21-85-23-17-59-51(73)33-13-15-34(16-14-33)52(74)60-18-24-86-22-8-20-82-58(56(79)80)28-38(68)46(64-32(2)66)50(84-58)48(72)40(70)30-62-54(76)44-26-36-10-4-6-12-42(36)88-44;/h3-6,9-16,25-26,37-40,45-50,67-72H,7-8,17-24,27-30H2,1-2H3,(H,59,73)(H,60,74)(H,61,75)(H,62,76)(H,63,65)(H,64,66)(H,77,78)(H,79,80);/q;+1/t37-,38-,39+,40+,45+,46+,47?,48?,49+,50+,57+,58+;/m0./s1. The zero-order chi connectivity index (χ0) is 63.7. The first-order chi connectivity index (χ1) is 42.0. The summed E-state index contributed by atoms with van der Waals surface area (Å²) in [5, 5.41) is 104. The van der Waals surface area contributed by atoms with Crippen molar-refractivity contribution < 1.29 is 128 Å². The van der Waals surface area contributed by atoms with Crippen LogP contribution in [0.15, 0.2) is 84.9 Å². The summed E-state index contributed by atoms with van der Waals surface area (Å²) >= 11 is 5.30. The van der Waals surface area contributed by atoms with Crippen LogP contribution in [-0.2, 0) is 38.1 Å². The van der Waals surface area contributed by atoms with Gasteiger partial charge in [-0.2, -0.15) is 23.5 Å². The van der Waals surface area contributed by atoms with Crippen molar-refractivity contribution in [3.63, 3.8) is 0 Å². The normalized spacial score (nSPS) is 23.0. The van der Waals surface area contributed by atoms with E-state index >= 15 is 0 Å². The predicted octanol–water partition coefficient (Wildman–Crippen LogP) is -1.97. The maximum atomic E-state index is 12.9. The molecule has 2 aromatic heterocycles. The number of thioether (sulfide) groups is 2. The number of benzene rings is 3. The van der Waals surface area contributed by atoms with Gasteiger partial charge in [-0.25, -0.2) is 9.59 Å². The number of hydrogen-bond acceptors (Lipinski definition) is 22. The van der Waals surface area contributed by atoms with Crippen molar-refractivity contribution in [2.24, 2.45) is 0 Å². The summed E-state index contributed by atoms with van der Waals surface area (Å²) in [5.41, 5.74) is 0.600. The molecular weight excluding hydrogens is 1250 g/mol. The number of rotatable bonds is 32. The molecule has 4 heterocycles. The number of aliphatic hydroxyl groups is 6. The molecule has 0 aliphatic carbocycles. The Kier molecular flexibility index (Phi) is 28.1.